The van der Waals surface area contributed by atoms with Crippen LogP contribution < -0.4 is 0 Å². The lowest BCUT2D eigenvalue weighted by Crippen LogP contribution is -2.72. The molecule has 210 valence electrons. The third-order valence-electron chi connectivity index (χ3n) is 6.48. The van der Waals surface area contributed by atoms with Gasteiger partial charge < -0.3 is 24.2 Å². The van der Waals surface area contributed by atoms with Crippen molar-refractivity contribution in [2.24, 2.45) is 5.92 Å². The molecule has 2 unspecified atom stereocenters. The Balaban J connectivity index is 2.11. The Morgan fingerprint density at radius 2 is 1.33 bits per heavy atom. The molecule has 0 saturated carbocycles. The van der Waals surface area contributed by atoms with Crippen LogP contribution in [0.3, 0.4) is 0 Å². The second-order valence-electron chi connectivity index (χ2n) is 11.3. The largest absolute Gasteiger partial charge is 0.459 e. The maximum atomic E-state index is 14.0. The number of nitrogens with zero attached hydrogens (tertiary/aromatic N) is 1. The van der Waals surface area contributed by atoms with Crippen LogP contribution in [-0.2, 0) is 46.6 Å². The fourth-order valence-electron chi connectivity index (χ4n) is 4.73. The molecule has 2 aromatic rings. The first-order valence-electron chi connectivity index (χ1n) is 12.9. The van der Waals surface area contributed by atoms with Crippen LogP contribution in [0.2, 0.25) is 0 Å². The van der Waals surface area contributed by atoms with Gasteiger partial charge in [0.05, 0.1) is 6.42 Å². The van der Waals surface area contributed by atoms with Crippen molar-refractivity contribution < 1.29 is 38.5 Å². The molecule has 0 spiro atoms. The molecule has 0 aliphatic carbocycles. The maximum Gasteiger partial charge on any atom is 0.347 e. The molecule has 0 radical (unpaired) electrons. The van der Waals surface area contributed by atoms with E-state index in [2.05, 4.69) is 0 Å². The zero-order valence-electron chi connectivity index (χ0n) is 23.3. The van der Waals surface area contributed by atoms with Gasteiger partial charge in [-0.15, -0.1) is 0 Å². The van der Waals surface area contributed by atoms with Gasteiger partial charge in [0.15, 0.2) is 0 Å². The average Bonchev–Trinajstić information content (AvgIpc) is 3.06. The van der Waals surface area contributed by atoms with Gasteiger partial charge >= 0.3 is 17.9 Å². The van der Waals surface area contributed by atoms with Crippen molar-refractivity contribution in [2.45, 2.75) is 84.0 Å². The Bertz CT molecular complexity index is 1130. The minimum absolute atomic E-state index is 0.232. The van der Waals surface area contributed by atoms with Gasteiger partial charge in [-0.3, -0.25) is 4.79 Å². The quantitative estimate of drug-likeness (QED) is 0.292. The highest BCUT2D eigenvalue weighted by Gasteiger charge is 2.74. The Morgan fingerprint density at radius 1 is 0.897 bits per heavy atom. The molecule has 0 bridgehead atoms. The first kappa shape index (κ1) is 29.8. The third kappa shape index (κ3) is 6.30. The van der Waals surface area contributed by atoms with E-state index < -0.39 is 58.9 Å². The molecule has 2 atom stereocenters. The SMILES string of the molecule is CC(C)C(C(=O)OC(C)(C)C)N1C(=O)CC(C)(O)C1(C(=O)OCc1ccccc1)C(=O)OCc1ccccc1. The second-order valence-corrected chi connectivity index (χ2v) is 11.3. The van der Waals surface area contributed by atoms with Crippen molar-refractivity contribution in [1.82, 2.24) is 4.90 Å². The number of carbonyl (C=O) groups excluding carboxylic acids is 4. The van der Waals surface area contributed by atoms with Crippen molar-refractivity contribution in [1.29, 1.82) is 0 Å². The molecular formula is C30H37NO8. The predicted octanol–water partition coefficient (Wildman–Crippen LogP) is 3.56. The van der Waals surface area contributed by atoms with Gasteiger partial charge in [-0.1, -0.05) is 74.5 Å². The zero-order chi connectivity index (χ0) is 29.0. The fraction of sp³-hybridized carbons (Fsp3) is 0.467. The molecule has 1 aliphatic heterocycles. The minimum atomic E-state index is -2.67. The van der Waals surface area contributed by atoms with E-state index in [9.17, 15) is 24.3 Å². The van der Waals surface area contributed by atoms with E-state index in [0.29, 0.717) is 11.1 Å². The molecule has 1 heterocycles. The van der Waals surface area contributed by atoms with Crippen molar-refractivity contribution in [3.05, 3.63) is 71.8 Å². The van der Waals surface area contributed by atoms with Crippen LogP contribution in [0.15, 0.2) is 60.7 Å². The molecule has 3 rings (SSSR count). The van der Waals surface area contributed by atoms with E-state index in [-0.39, 0.29) is 13.2 Å². The molecule has 0 aromatic heterocycles. The van der Waals surface area contributed by atoms with Gasteiger partial charge in [-0.25, -0.2) is 14.4 Å². The summed E-state index contributed by atoms with van der Waals surface area (Å²) in [7, 11) is 0. The summed E-state index contributed by atoms with van der Waals surface area (Å²) in [5, 5.41) is 11.6. The molecule has 9 heteroatoms. The number of hydrogen-bond acceptors (Lipinski definition) is 8. The molecule has 1 amide bonds. The van der Waals surface area contributed by atoms with E-state index in [1.54, 1.807) is 95.3 Å². The summed E-state index contributed by atoms with van der Waals surface area (Å²) in [4.78, 5) is 55.7. The number of amides is 1. The lowest BCUT2D eigenvalue weighted by atomic mass is 9.80. The van der Waals surface area contributed by atoms with E-state index in [0.717, 1.165) is 4.90 Å². The van der Waals surface area contributed by atoms with E-state index in [1.807, 2.05) is 0 Å². The van der Waals surface area contributed by atoms with E-state index in [1.165, 1.54) is 6.92 Å². The fourth-order valence-corrected chi connectivity index (χ4v) is 4.73. The normalized spacial score (nSPS) is 19.5. The minimum Gasteiger partial charge on any atom is -0.459 e. The van der Waals surface area contributed by atoms with Gasteiger partial charge in [0.1, 0.15) is 30.5 Å². The molecular weight excluding hydrogens is 502 g/mol. The Kier molecular flexibility index (Phi) is 8.85. The summed E-state index contributed by atoms with van der Waals surface area (Å²) in [6.07, 6.45) is -0.611. The smallest absolute Gasteiger partial charge is 0.347 e. The first-order chi connectivity index (χ1) is 18.2. The summed E-state index contributed by atoms with van der Waals surface area (Å²) >= 11 is 0. The van der Waals surface area contributed by atoms with Crippen LogP contribution in [-0.4, -0.2) is 56.6 Å². The predicted molar refractivity (Wildman–Crippen MR) is 142 cm³/mol. The lowest BCUT2D eigenvalue weighted by Gasteiger charge is -2.44. The van der Waals surface area contributed by atoms with Crippen LogP contribution in [0.25, 0.3) is 0 Å². The van der Waals surface area contributed by atoms with Crippen molar-refractivity contribution >= 4 is 23.8 Å². The Hall–Kier alpha value is -3.72. The average molecular weight is 540 g/mol. The van der Waals surface area contributed by atoms with E-state index >= 15 is 0 Å². The van der Waals surface area contributed by atoms with Crippen molar-refractivity contribution in [3.63, 3.8) is 0 Å². The highest BCUT2D eigenvalue weighted by molar-refractivity contribution is 6.13. The second kappa shape index (κ2) is 11.6. The maximum absolute atomic E-state index is 14.0. The summed E-state index contributed by atoms with van der Waals surface area (Å²) in [6.45, 7) is 9.05. The van der Waals surface area contributed by atoms with Crippen LogP contribution in [0.1, 0.15) is 59.1 Å². The van der Waals surface area contributed by atoms with Crippen LogP contribution in [0.4, 0.5) is 0 Å². The lowest BCUT2D eigenvalue weighted by molar-refractivity contribution is -0.197. The van der Waals surface area contributed by atoms with Crippen LogP contribution >= 0.6 is 0 Å². The van der Waals surface area contributed by atoms with E-state index in [4.69, 9.17) is 14.2 Å². The van der Waals surface area contributed by atoms with Crippen LogP contribution in [0.5, 0.6) is 0 Å². The Labute approximate surface area is 229 Å². The van der Waals surface area contributed by atoms with Gasteiger partial charge in [0.2, 0.25) is 5.91 Å². The molecule has 39 heavy (non-hydrogen) atoms. The topological polar surface area (TPSA) is 119 Å². The van der Waals surface area contributed by atoms with Gasteiger partial charge in [0.25, 0.3) is 5.54 Å². The number of hydrogen-bond donors (Lipinski definition) is 1. The van der Waals surface area contributed by atoms with Crippen molar-refractivity contribution in [2.75, 3.05) is 0 Å². The van der Waals surface area contributed by atoms with Gasteiger partial charge in [-0.05, 0) is 44.7 Å². The number of esters is 3. The molecule has 1 fully saturated rings. The Morgan fingerprint density at radius 3 is 1.72 bits per heavy atom. The molecule has 1 N–H and O–H groups in total. The number of ether oxygens (including phenoxy) is 3. The number of benzene rings is 2. The van der Waals surface area contributed by atoms with Gasteiger partial charge in [0, 0.05) is 0 Å². The standard InChI is InChI=1S/C30H37NO8/c1-20(2)24(25(33)39-28(3,4)5)31-23(32)17-29(6,36)30(31,26(34)37-18-21-13-9-7-10-14-21)27(35)38-19-22-15-11-8-12-16-22/h7-16,20,24,36H,17-19H2,1-6H3. The highest BCUT2D eigenvalue weighted by atomic mass is 16.6. The molecule has 1 aliphatic rings. The van der Waals surface area contributed by atoms with Gasteiger partial charge in [-0.2, -0.15) is 0 Å². The summed E-state index contributed by atoms with van der Waals surface area (Å²) < 4.78 is 16.7. The molecule has 2 aromatic carbocycles. The number of likely N-dealkylation sites (tertiary alicyclic amines) is 1. The zero-order valence-corrected chi connectivity index (χ0v) is 23.3. The molecule has 9 nitrogen and oxygen atoms in total. The first-order valence-corrected chi connectivity index (χ1v) is 12.9. The summed E-state index contributed by atoms with van der Waals surface area (Å²) in [6, 6.07) is 16.1. The highest BCUT2D eigenvalue weighted by Crippen LogP contribution is 2.44. The molecule has 1 saturated heterocycles. The van der Waals surface area contributed by atoms with Crippen molar-refractivity contribution in [3.8, 4) is 0 Å². The summed E-state index contributed by atoms with van der Waals surface area (Å²) in [5.74, 6) is -4.60. The monoisotopic (exact) mass is 539 g/mol. The number of rotatable bonds is 9. The number of aliphatic hydroxyl groups is 1. The summed E-state index contributed by atoms with van der Waals surface area (Å²) in [5.41, 5.74) is -4.59. The van der Waals surface area contributed by atoms with Crippen LogP contribution in [0, 0.1) is 5.92 Å². The number of carbonyl (C=O) groups is 4. The third-order valence-corrected chi connectivity index (χ3v) is 6.48.